The van der Waals surface area contributed by atoms with Gasteiger partial charge in [-0.05, 0) is 55.3 Å². The number of allylic oxidation sites excluding steroid dienone is 1. The van der Waals surface area contributed by atoms with Crippen LogP contribution >= 0.6 is 0 Å². The van der Waals surface area contributed by atoms with Gasteiger partial charge in [0.25, 0.3) is 5.56 Å². The number of aromatic nitrogens is 2. The van der Waals surface area contributed by atoms with Crippen LogP contribution in [-0.4, -0.2) is 65.3 Å². The third-order valence-electron chi connectivity index (χ3n) is 5.57. The Labute approximate surface area is 222 Å². The second-order valence-electron chi connectivity index (χ2n) is 8.52. The van der Waals surface area contributed by atoms with E-state index in [2.05, 4.69) is 15.4 Å². The number of carbonyl (C=O) groups excluding carboxylic acids is 4. The van der Waals surface area contributed by atoms with Crippen LogP contribution in [0.5, 0.6) is 0 Å². The van der Waals surface area contributed by atoms with E-state index in [0.717, 1.165) is 11.7 Å². The highest BCUT2D eigenvalue weighted by molar-refractivity contribution is 5.96. The number of rotatable bonds is 9. The molecule has 1 unspecified atom stereocenters. The van der Waals surface area contributed by atoms with Gasteiger partial charge in [0.15, 0.2) is 6.73 Å². The lowest BCUT2D eigenvalue weighted by Crippen LogP contribution is -2.44. The molecule has 0 saturated heterocycles. The Balaban J connectivity index is 1.67. The number of hydrogen-bond acceptors (Lipinski definition) is 7. The van der Waals surface area contributed by atoms with Crippen molar-refractivity contribution >= 4 is 40.6 Å². The van der Waals surface area contributed by atoms with Crippen LogP contribution in [0.3, 0.4) is 0 Å². The molecule has 2 heterocycles. The number of likely N-dealkylation sites (N-methyl/N-ethyl adjacent to an activating group) is 1. The minimum atomic E-state index is -1.07. The summed E-state index contributed by atoms with van der Waals surface area (Å²) in [5.41, 5.74) is -0.346. The van der Waals surface area contributed by atoms with Crippen molar-refractivity contribution < 1.29 is 33.0 Å². The average molecular weight is 542 g/mol. The van der Waals surface area contributed by atoms with Crippen LogP contribution in [-0.2, 0) is 25.8 Å². The fourth-order valence-electron chi connectivity index (χ4n) is 3.49. The molecule has 3 aromatic rings. The van der Waals surface area contributed by atoms with Gasteiger partial charge in [-0.1, -0.05) is 6.08 Å². The van der Waals surface area contributed by atoms with Crippen LogP contribution in [0.25, 0.3) is 10.9 Å². The van der Waals surface area contributed by atoms with E-state index in [1.807, 2.05) is 0 Å². The first-order valence-electron chi connectivity index (χ1n) is 11.8. The number of fused-ring (bicyclic) bond motifs is 1. The third-order valence-corrected chi connectivity index (χ3v) is 5.57. The van der Waals surface area contributed by atoms with Gasteiger partial charge in [-0.2, -0.15) is 0 Å². The number of hydrogen-bond donors (Lipinski definition) is 2. The lowest BCUT2D eigenvalue weighted by Gasteiger charge is -2.17. The van der Waals surface area contributed by atoms with Crippen LogP contribution < -0.4 is 16.2 Å². The first-order chi connectivity index (χ1) is 18.6. The maximum Gasteiger partial charge on any atom is 0.420 e. The molecular weight excluding hydrogens is 513 g/mol. The van der Waals surface area contributed by atoms with Gasteiger partial charge in [-0.25, -0.2) is 14.0 Å². The highest BCUT2D eigenvalue weighted by Crippen LogP contribution is 2.17. The maximum atomic E-state index is 13.4. The van der Waals surface area contributed by atoms with E-state index >= 15 is 0 Å². The topological polar surface area (TPSA) is 141 Å². The second-order valence-corrected chi connectivity index (χ2v) is 8.52. The van der Waals surface area contributed by atoms with Crippen LogP contribution in [0.15, 0.2) is 65.7 Å². The van der Waals surface area contributed by atoms with E-state index in [1.165, 1.54) is 58.3 Å². The Kier molecular flexibility index (Phi) is 9.57. The Morgan fingerprint density at radius 3 is 2.62 bits per heavy atom. The van der Waals surface area contributed by atoms with Crippen molar-refractivity contribution in [2.75, 3.05) is 26.5 Å². The summed E-state index contributed by atoms with van der Waals surface area (Å²) in [4.78, 5) is 63.1. The molecule has 1 atom stereocenters. The van der Waals surface area contributed by atoms with Gasteiger partial charge >= 0.3 is 12.2 Å². The first-order valence-corrected chi connectivity index (χ1v) is 11.8. The monoisotopic (exact) mass is 541 g/mol. The summed E-state index contributed by atoms with van der Waals surface area (Å²) in [6.07, 6.45) is 4.46. The Bertz CT molecular complexity index is 1460. The zero-order valence-electron chi connectivity index (χ0n) is 21.5. The van der Waals surface area contributed by atoms with Gasteiger partial charge in [0, 0.05) is 31.9 Å². The molecule has 2 aromatic heterocycles. The van der Waals surface area contributed by atoms with Crippen LogP contribution in [0.4, 0.5) is 19.7 Å². The zero-order chi connectivity index (χ0) is 28.5. The number of nitrogens with zero attached hydrogens (tertiary/aromatic N) is 3. The molecule has 1 aromatic carbocycles. The summed E-state index contributed by atoms with van der Waals surface area (Å²) < 4.78 is 25.5. The van der Waals surface area contributed by atoms with Crippen molar-refractivity contribution in [3.05, 3.63) is 77.1 Å². The van der Waals surface area contributed by atoms with E-state index in [1.54, 1.807) is 26.2 Å². The average Bonchev–Trinajstić information content (AvgIpc) is 3.33. The summed E-state index contributed by atoms with van der Waals surface area (Å²) >= 11 is 0. The molecule has 12 nitrogen and oxygen atoms in total. The molecular formula is C26H28FN5O7. The van der Waals surface area contributed by atoms with Gasteiger partial charge in [-0.15, -0.1) is 0 Å². The molecule has 3 amide bonds. The quantitative estimate of drug-likeness (QED) is 0.397. The minimum absolute atomic E-state index is 0.115. The fraction of sp³-hybridized carbons (Fsp3) is 0.269. The zero-order valence-corrected chi connectivity index (χ0v) is 21.5. The number of benzene rings is 1. The number of pyridine rings is 1. The smallest absolute Gasteiger partial charge is 0.420 e. The van der Waals surface area contributed by atoms with Crippen molar-refractivity contribution in [1.82, 2.24) is 19.4 Å². The molecule has 0 aliphatic rings. The van der Waals surface area contributed by atoms with Crippen molar-refractivity contribution in [3.63, 3.8) is 0 Å². The summed E-state index contributed by atoms with van der Waals surface area (Å²) in [6, 6.07) is 7.23. The fourth-order valence-corrected chi connectivity index (χ4v) is 3.49. The normalized spacial score (nSPS) is 11.7. The lowest BCUT2D eigenvalue weighted by atomic mass is 10.1. The summed E-state index contributed by atoms with van der Waals surface area (Å²) in [7, 11) is 4.34. The van der Waals surface area contributed by atoms with Crippen LogP contribution in [0, 0.1) is 5.82 Å². The number of nitrogens with one attached hydrogen (secondary N) is 2. The van der Waals surface area contributed by atoms with Crippen LogP contribution in [0.2, 0.25) is 0 Å². The largest absolute Gasteiger partial charge is 0.453 e. The van der Waals surface area contributed by atoms with Crippen molar-refractivity contribution in [3.8, 4) is 0 Å². The molecule has 0 spiro atoms. The number of alkyl carbamates (subject to hydrolysis) is 1. The van der Waals surface area contributed by atoms with Gasteiger partial charge < -0.3 is 25.0 Å². The van der Waals surface area contributed by atoms with Gasteiger partial charge in [0.05, 0.1) is 12.6 Å². The molecule has 0 aliphatic heterocycles. The molecule has 2 N–H and O–H groups in total. The molecule has 0 fully saturated rings. The number of anilines is 1. The van der Waals surface area contributed by atoms with Gasteiger partial charge in [0.2, 0.25) is 11.8 Å². The van der Waals surface area contributed by atoms with E-state index in [9.17, 15) is 28.4 Å². The van der Waals surface area contributed by atoms with Crippen LogP contribution in [0.1, 0.15) is 12.8 Å². The second kappa shape index (κ2) is 13.0. The number of amides is 3. The Morgan fingerprint density at radius 2 is 1.90 bits per heavy atom. The predicted molar refractivity (Wildman–Crippen MR) is 140 cm³/mol. The highest BCUT2D eigenvalue weighted by Gasteiger charge is 2.22. The summed E-state index contributed by atoms with van der Waals surface area (Å²) in [6.45, 7) is -0.462. The number of halogens is 1. The molecule has 0 saturated carbocycles. The predicted octanol–water partition coefficient (Wildman–Crippen LogP) is 2.67. The number of methoxy groups -OCH3 is 1. The van der Waals surface area contributed by atoms with Gasteiger partial charge in [0.1, 0.15) is 17.5 Å². The minimum Gasteiger partial charge on any atom is -0.453 e. The highest BCUT2D eigenvalue weighted by atomic mass is 19.1. The molecule has 0 bridgehead atoms. The number of ether oxygens (including phenoxy) is 2. The van der Waals surface area contributed by atoms with Crippen molar-refractivity contribution in [2.45, 2.75) is 25.6 Å². The molecule has 0 aliphatic carbocycles. The Hall–Kier alpha value is -4.94. The first kappa shape index (κ1) is 28.6. The maximum absolute atomic E-state index is 13.4. The van der Waals surface area contributed by atoms with E-state index in [0.29, 0.717) is 10.9 Å². The lowest BCUT2D eigenvalue weighted by molar-refractivity contribution is -0.123. The van der Waals surface area contributed by atoms with Crippen molar-refractivity contribution in [2.24, 2.45) is 0 Å². The molecule has 206 valence electrons. The summed E-state index contributed by atoms with van der Waals surface area (Å²) in [5, 5.41) is 5.37. The summed E-state index contributed by atoms with van der Waals surface area (Å²) in [5.74, 6) is -1.37. The molecule has 3 rings (SSSR count). The molecule has 13 heteroatoms. The van der Waals surface area contributed by atoms with E-state index in [-0.39, 0.29) is 24.4 Å². The molecule has 39 heavy (non-hydrogen) atoms. The number of carbonyl (C=O) groups is 4. The third kappa shape index (κ3) is 7.53. The molecule has 0 radical (unpaired) electrons. The van der Waals surface area contributed by atoms with Crippen molar-refractivity contribution in [1.29, 1.82) is 0 Å². The SMILES string of the molecule is COC(=O)NC(CCC=CC(=O)N(C)C)C(=O)Nc1cccn(COC(=O)n2ccc3cc(F)ccc32)c1=O. The standard InChI is InChI=1S/C26H28FN5O7/c1-30(2)22(33)9-5-4-7-19(29-25(36)38-3)23(34)28-20-8-6-13-31(24(20)35)16-39-26(37)32-14-12-17-15-18(27)10-11-21(17)32/h5-6,8-15,19H,4,7,16H2,1-3H3,(H,28,34)(H,29,36). The van der Waals surface area contributed by atoms with Gasteiger partial charge in [-0.3, -0.25) is 23.5 Å². The van der Waals surface area contributed by atoms with E-state index in [4.69, 9.17) is 4.74 Å². The van der Waals surface area contributed by atoms with E-state index < -0.39 is 42.2 Å². The Morgan fingerprint density at radius 1 is 1.13 bits per heavy atom.